The number of ether oxygens (including phenoxy) is 1. The van der Waals surface area contributed by atoms with Gasteiger partial charge in [0.1, 0.15) is 0 Å². The van der Waals surface area contributed by atoms with E-state index in [0.717, 1.165) is 18.4 Å². The van der Waals surface area contributed by atoms with E-state index in [1.165, 1.54) is 6.42 Å². The SMILES string of the molecule is NS(=O)(=O)CC(COC1CCC1)c1ccccc1. The molecule has 0 heterocycles. The Kier molecular flexibility index (Phi) is 4.37. The molecule has 0 aliphatic heterocycles. The Morgan fingerprint density at radius 2 is 1.94 bits per heavy atom. The van der Waals surface area contributed by atoms with Crippen molar-refractivity contribution in [2.45, 2.75) is 31.3 Å². The van der Waals surface area contributed by atoms with Crippen LogP contribution in [0.3, 0.4) is 0 Å². The number of rotatable bonds is 6. The fourth-order valence-corrected chi connectivity index (χ4v) is 2.89. The van der Waals surface area contributed by atoms with E-state index in [9.17, 15) is 8.42 Å². The molecule has 0 saturated heterocycles. The summed E-state index contributed by atoms with van der Waals surface area (Å²) in [6, 6.07) is 9.54. The van der Waals surface area contributed by atoms with E-state index in [0.29, 0.717) is 12.7 Å². The lowest BCUT2D eigenvalue weighted by Gasteiger charge is -2.28. The average Bonchev–Trinajstić information content (AvgIpc) is 2.25. The van der Waals surface area contributed by atoms with E-state index in [1.54, 1.807) is 0 Å². The van der Waals surface area contributed by atoms with Crippen LogP contribution < -0.4 is 5.14 Å². The number of primary sulfonamides is 1. The molecule has 1 aromatic carbocycles. The van der Waals surface area contributed by atoms with E-state index in [4.69, 9.17) is 9.88 Å². The lowest BCUT2D eigenvalue weighted by molar-refractivity contribution is -0.00290. The molecule has 2 N–H and O–H groups in total. The van der Waals surface area contributed by atoms with Gasteiger partial charge in [-0.15, -0.1) is 0 Å². The van der Waals surface area contributed by atoms with Crippen LogP contribution in [0.4, 0.5) is 0 Å². The average molecular weight is 269 g/mol. The first-order valence-corrected chi connectivity index (χ1v) is 7.93. The standard InChI is InChI=1S/C13H19NO3S/c14-18(15,16)10-12(9-17-13-7-4-8-13)11-5-2-1-3-6-11/h1-3,5-6,12-13H,4,7-10H2,(H2,14,15,16). The van der Waals surface area contributed by atoms with Crippen LogP contribution in [0.1, 0.15) is 30.7 Å². The second kappa shape index (κ2) is 5.82. The summed E-state index contributed by atoms with van der Waals surface area (Å²) in [5.74, 6) is -0.245. The lowest BCUT2D eigenvalue weighted by Crippen LogP contribution is -2.28. The van der Waals surface area contributed by atoms with Gasteiger partial charge in [-0.2, -0.15) is 0 Å². The van der Waals surface area contributed by atoms with E-state index in [1.807, 2.05) is 30.3 Å². The van der Waals surface area contributed by atoms with Crippen LogP contribution in [0.5, 0.6) is 0 Å². The number of nitrogens with two attached hydrogens (primary N) is 1. The third kappa shape index (κ3) is 4.08. The van der Waals surface area contributed by atoms with Crippen LogP contribution in [0.25, 0.3) is 0 Å². The van der Waals surface area contributed by atoms with Gasteiger partial charge in [0.05, 0.1) is 18.5 Å². The van der Waals surface area contributed by atoms with Crippen molar-refractivity contribution >= 4 is 10.0 Å². The van der Waals surface area contributed by atoms with Gasteiger partial charge in [-0.25, -0.2) is 13.6 Å². The second-order valence-corrected chi connectivity index (χ2v) is 6.48. The predicted molar refractivity (Wildman–Crippen MR) is 70.7 cm³/mol. The minimum absolute atomic E-state index is 0.0657. The number of hydrogen-bond acceptors (Lipinski definition) is 3. The van der Waals surface area contributed by atoms with E-state index in [2.05, 4.69) is 0 Å². The minimum atomic E-state index is -3.49. The molecule has 1 fully saturated rings. The van der Waals surface area contributed by atoms with Gasteiger partial charge in [0.15, 0.2) is 0 Å². The Balaban J connectivity index is 2.02. The maximum absolute atomic E-state index is 11.3. The van der Waals surface area contributed by atoms with E-state index in [-0.39, 0.29) is 11.7 Å². The first-order chi connectivity index (χ1) is 8.54. The van der Waals surface area contributed by atoms with Gasteiger partial charge in [-0.1, -0.05) is 30.3 Å². The largest absolute Gasteiger partial charge is 0.378 e. The summed E-state index contributed by atoms with van der Waals surface area (Å²) in [6.45, 7) is 0.422. The van der Waals surface area contributed by atoms with E-state index >= 15 is 0 Å². The number of sulfonamides is 1. The van der Waals surface area contributed by atoms with Gasteiger partial charge < -0.3 is 4.74 Å². The van der Waals surface area contributed by atoms with Gasteiger partial charge in [0, 0.05) is 5.92 Å². The van der Waals surface area contributed by atoms with Crippen molar-refractivity contribution < 1.29 is 13.2 Å². The lowest BCUT2D eigenvalue weighted by atomic mass is 9.95. The van der Waals surface area contributed by atoms with Crippen LogP contribution in [0.15, 0.2) is 30.3 Å². The van der Waals surface area contributed by atoms with Gasteiger partial charge >= 0.3 is 0 Å². The molecule has 2 rings (SSSR count). The first kappa shape index (κ1) is 13.5. The summed E-state index contributed by atoms with van der Waals surface area (Å²) in [5, 5.41) is 5.14. The third-order valence-electron chi connectivity index (χ3n) is 3.29. The molecule has 1 aliphatic rings. The van der Waals surface area contributed by atoms with Gasteiger partial charge in [-0.05, 0) is 24.8 Å². The highest BCUT2D eigenvalue weighted by molar-refractivity contribution is 7.89. The molecule has 0 spiro atoms. The molecule has 100 valence electrons. The van der Waals surface area contributed by atoms with Crippen molar-refractivity contribution in [3.63, 3.8) is 0 Å². The van der Waals surface area contributed by atoms with Crippen LogP contribution in [0.2, 0.25) is 0 Å². The predicted octanol–water partition coefficient (Wildman–Crippen LogP) is 1.63. The Morgan fingerprint density at radius 3 is 2.44 bits per heavy atom. The van der Waals surface area contributed by atoms with Crippen LogP contribution in [-0.2, 0) is 14.8 Å². The summed E-state index contributed by atoms with van der Waals surface area (Å²) in [6.07, 6.45) is 3.67. The molecule has 18 heavy (non-hydrogen) atoms. The monoisotopic (exact) mass is 269 g/mol. The minimum Gasteiger partial charge on any atom is -0.378 e. The Morgan fingerprint density at radius 1 is 1.28 bits per heavy atom. The Labute approximate surface area is 108 Å². The van der Waals surface area contributed by atoms with Crippen molar-refractivity contribution in [2.75, 3.05) is 12.4 Å². The smallest absolute Gasteiger partial charge is 0.209 e. The fourth-order valence-electron chi connectivity index (χ4n) is 2.04. The van der Waals surface area contributed by atoms with Crippen LogP contribution in [0, 0.1) is 0 Å². The van der Waals surface area contributed by atoms with E-state index < -0.39 is 10.0 Å². The topological polar surface area (TPSA) is 69.4 Å². The molecule has 0 amide bonds. The molecule has 1 atom stereocenters. The summed E-state index contributed by atoms with van der Waals surface area (Å²) >= 11 is 0. The zero-order valence-electron chi connectivity index (χ0n) is 10.3. The normalized spacial score (nSPS) is 18.3. The first-order valence-electron chi connectivity index (χ1n) is 6.21. The molecule has 0 radical (unpaired) electrons. The van der Waals surface area contributed by atoms with Crippen molar-refractivity contribution in [2.24, 2.45) is 5.14 Å². The molecule has 0 bridgehead atoms. The maximum Gasteiger partial charge on any atom is 0.209 e. The van der Waals surface area contributed by atoms with Gasteiger partial charge in [0.2, 0.25) is 10.0 Å². The molecule has 0 aromatic heterocycles. The molecule has 1 saturated carbocycles. The second-order valence-electron chi connectivity index (χ2n) is 4.82. The Hall–Kier alpha value is -0.910. The molecular formula is C13H19NO3S. The molecule has 4 nitrogen and oxygen atoms in total. The number of hydrogen-bond donors (Lipinski definition) is 1. The van der Waals surface area contributed by atoms with Crippen molar-refractivity contribution in [3.05, 3.63) is 35.9 Å². The molecule has 1 aliphatic carbocycles. The number of benzene rings is 1. The fraction of sp³-hybridized carbons (Fsp3) is 0.538. The highest BCUT2D eigenvalue weighted by atomic mass is 32.2. The molecule has 1 aromatic rings. The van der Waals surface area contributed by atoms with Crippen molar-refractivity contribution in [1.29, 1.82) is 0 Å². The molecular weight excluding hydrogens is 250 g/mol. The van der Waals surface area contributed by atoms with Crippen molar-refractivity contribution in [3.8, 4) is 0 Å². The molecule has 5 heteroatoms. The summed E-state index contributed by atoms with van der Waals surface area (Å²) < 4.78 is 28.3. The summed E-state index contributed by atoms with van der Waals surface area (Å²) in [4.78, 5) is 0. The quantitative estimate of drug-likeness (QED) is 0.853. The zero-order valence-corrected chi connectivity index (χ0v) is 11.1. The highest BCUT2D eigenvalue weighted by Crippen LogP contribution is 2.25. The zero-order chi connectivity index (χ0) is 13.0. The molecule has 1 unspecified atom stereocenters. The van der Waals surface area contributed by atoms with Gasteiger partial charge in [-0.3, -0.25) is 0 Å². The summed E-state index contributed by atoms with van der Waals surface area (Å²) in [5.41, 5.74) is 0.964. The van der Waals surface area contributed by atoms with Crippen LogP contribution in [-0.4, -0.2) is 26.9 Å². The highest BCUT2D eigenvalue weighted by Gasteiger charge is 2.23. The maximum atomic E-state index is 11.3. The van der Waals surface area contributed by atoms with Gasteiger partial charge in [0.25, 0.3) is 0 Å². The van der Waals surface area contributed by atoms with Crippen LogP contribution >= 0.6 is 0 Å². The third-order valence-corrected chi connectivity index (χ3v) is 4.16. The van der Waals surface area contributed by atoms with Crippen molar-refractivity contribution in [1.82, 2.24) is 0 Å². The summed E-state index contributed by atoms with van der Waals surface area (Å²) in [7, 11) is -3.49. The Bertz CT molecular complexity index is 468.